The molecule has 0 rings (SSSR count). The molecule has 0 aromatic carbocycles. The number of ether oxygens (including phenoxy) is 2. The Kier molecular flexibility index (Phi) is 38.8. The van der Waals surface area contributed by atoms with Gasteiger partial charge in [0.15, 0.2) is 6.10 Å². The number of hydrogen-bond donors (Lipinski definition) is 1. The minimum absolute atomic E-state index is 0.0557. The number of allylic oxidation sites excluding steroid dienone is 14. The summed E-state index contributed by atoms with van der Waals surface area (Å²) in [6.45, 7) is 3.86. The molecule has 0 aliphatic carbocycles. The van der Waals surface area contributed by atoms with Crippen molar-refractivity contribution in [3.8, 4) is 0 Å². The molecular formula is C50H84NO9P. The number of quaternary nitrogens is 1. The molecule has 0 aliphatic heterocycles. The third-order valence-corrected chi connectivity index (χ3v) is 10.1. The number of hydrogen-bond acceptors (Lipinski definition) is 9. The van der Waals surface area contributed by atoms with Crippen molar-refractivity contribution in [2.24, 2.45) is 0 Å². The number of carbonyl (C=O) groups excluding carboxylic acids is 2. The largest absolute Gasteiger partial charge is 0.756 e. The second-order valence-corrected chi connectivity index (χ2v) is 17.6. The van der Waals surface area contributed by atoms with Crippen molar-refractivity contribution in [3.05, 3.63) is 97.2 Å². The molecule has 1 N–H and O–H groups in total. The summed E-state index contributed by atoms with van der Waals surface area (Å²) in [6, 6.07) is 0. The lowest BCUT2D eigenvalue weighted by Gasteiger charge is -2.28. The first-order valence-corrected chi connectivity index (χ1v) is 24.5. The maximum atomic E-state index is 12.7. The van der Waals surface area contributed by atoms with Crippen LogP contribution in [0.5, 0.6) is 0 Å². The summed E-state index contributed by atoms with van der Waals surface area (Å²) in [6.07, 6.45) is 50.6. The van der Waals surface area contributed by atoms with Crippen LogP contribution in [0.25, 0.3) is 0 Å². The van der Waals surface area contributed by atoms with E-state index in [9.17, 15) is 24.2 Å². The van der Waals surface area contributed by atoms with Gasteiger partial charge >= 0.3 is 11.9 Å². The molecule has 0 radical (unpaired) electrons. The van der Waals surface area contributed by atoms with E-state index < -0.39 is 38.6 Å². The number of esters is 2. The van der Waals surface area contributed by atoms with E-state index in [1.54, 1.807) is 6.08 Å². The third kappa shape index (κ3) is 44.7. The van der Waals surface area contributed by atoms with E-state index in [-0.39, 0.29) is 26.1 Å². The predicted molar refractivity (Wildman–Crippen MR) is 251 cm³/mol. The van der Waals surface area contributed by atoms with Gasteiger partial charge in [0, 0.05) is 12.8 Å². The zero-order valence-corrected chi connectivity index (χ0v) is 39.6. The van der Waals surface area contributed by atoms with Crippen LogP contribution >= 0.6 is 7.82 Å². The summed E-state index contributed by atoms with van der Waals surface area (Å²) >= 11 is 0. The number of phosphoric ester groups is 1. The highest BCUT2D eigenvalue weighted by Crippen LogP contribution is 2.38. The van der Waals surface area contributed by atoms with Crippen molar-refractivity contribution in [3.63, 3.8) is 0 Å². The molecule has 3 atom stereocenters. The second kappa shape index (κ2) is 40.9. The number of aliphatic hydroxyl groups excluding tert-OH is 1. The summed E-state index contributed by atoms with van der Waals surface area (Å²) in [5.41, 5.74) is 0. The summed E-state index contributed by atoms with van der Waals surface area (Å²) in [5.74, 6) is -0.972. The SMILES string of the molecule is CC/C=C\CC(O)/C=C/C=C/C/C=C\C/C=C\C/C=C\CCC(=O)OC[C@H](COP(=O)([O-])OCC[N+](C)(C)C)OC(=O)CCCCCCCCC/C=C\C/C=C\CCCCC. The number of aliphatic hydroxyl groups is 1. The molecule has 10 nitrogen and oxygen atoms in total. The maximum absolute atomic E-state index is 12.7. The van der Waals surface area contributed by atoms with Gasteiger partial charge in [0.2, 0.25) is 0 Å². The van der Waals surface area contributed by atoms with Gasteiger partial charge in [-0.2, -0.15) is 0 Å². The fourth-order valence-corrected chi connectivity index (χ4v) is 6.29. The molecule has 2 unspecified atom stereocenters. The van der Waals surface area contributed by atoms with Crippen LogP contribution in [-0.4, -0.2) is 81.2 Å². The first-order valence-electron chi connectivity index (χ1n) is 23.1. The zero-order chi connectivity index (χ0) is 45.1. The average Bonchev–Trinajstić information content (AvgIpc) is 3.21. The average molecular weight is 874 g/mol. The smallest absolute Gasteiger partial charge is 0.306 e. The topological polar surface area (TPSA) is 131 Å². The fourth-order valence-electron chi connectivity index (χ4n) is 5.56. The Bertz CT molecular complexity index is 1370. The molecule has 0 aromatic heterocycles. The molecule has 0 saturated heterocycles. The number of unbranched alkanes of at least 4 members (excludes halogenated alkanes) is 10. The Morgan fingerprint density at radius 3 is 1.79 bits per heavy atom. The van der Waals surface area contributed by atoms with Crippen LogP contribution in [0.15, 0.2) is 97.2 Å². The minimum Gasteiger partial charge on any atom is -0.756 e. The van der Waals surface area contributed by atoms with Gasteiger partial charge < -0.3 is 33.0 Å². The number of nitrogens with zero attached hydrogens (tertiary/aromatic N) is 1. The lowest BCUT2D eigenvalue weighted by molar-refractivity contribution is -0.870. The highest BCUT2D eigenvalue weighted by molar-refractivity contribution is 7.45. The molecule has 348 valence electrons. The van der Waals surface area contributed by atoms with E-state index in [0.717, 1.165) is 57.8 Å². The first kappa shape index (κ1) is 57.9. The van der Waals surface area contributed by atoms with Crippen molar-refractivity contribution in [2.75, 3.05) is 47.5 Å². The molecule has 0 aliphatic rings. The Balaban J connectivity index is 4.52. The lowest BCUT2D eigenvalue weighted by atomic mass is 10.1. The molecule has 0 bridgehead atoms. The third-order valence-electron chi connectivity index (χ3n) is 9.18. The monoisotopic (exact) mass is 874 g/mol. The highest BCUT2D eigenvalue weighted by atomic mass is 31.2. The van der Waals surface area contributed by atoms with Crippen molar-refractivity contribution >= 4 is 19.8 Å². The normalized spacial score (nSPS) is 14.9. The van der Waals surface area contributed by atoms with Gasteiger partial charge in [-0.1, -0.05) is 156 Å². The fraction of sp³-hybridized carbons (Fsp3) is 0.640. The standard InChI is InChI=1S/C50H84NO9P/c1-6-8-10-11-12-13-14-15-16-17-18-21-25-28-31-34-38-42-50(54)60-48(46-59-61(55,56)58-44-43-51(3,4)5)45-57-49(53)41-37-33-30-27-24-22-19-20-23-26-29-32-36-40-47(52)39-35-9-7-2/h9,12-13,15-16,20,22-24,29-30,32-33,35-36,40,47-48,52H,6-8,10-11,14,17-19,21,25-28,31,34,37-39,41-46H2,1-5H3/b13-12-,16-15-,23-20-,24-22-,32-29+,33-30-,35-9-,40-36+/t47?,48-/m1/s1. The molecule has 11 heteroatoms. The van der Waals surface area contributed by atoms with Crippen molar-refractivity contribution < 1.29 is 47.2 Å². The van der Waals surface area contributed by atoms with Gasteiger partial charge in [-0.25, -0.2) is 0 Å². The zero-order valence-electron chi connectivity index (χ0n) is 38.7. The van der Waals surface area contributed by atoms with Crippen LogP contribution < -0.4 is 4.89 Å². The molecule has 0 aromatic rings. The Labute approximate surface area is 371 Å². The maximum Gasteiger partial charge on any atom is 0.306 e. The Morgan fingerprint density at radius 1 is 0.623 bits per heavy atom. The molecule has 0 heterocycles. The predicted octanol–water partition coefficient (Wildman–Crippen LogP) is 11.7. The molecule has 0 saturated carbocycles. The molecule has 0 fully saturated rings. The molecular weight excluding hydrogens is 790 g/mol. The number of rotatable bonds is 40. The van der Waals surface area contributed by atoms with Gasteiger partial charge in [-0.15, -0.1) is 0 Å². The summed E-state index contributed by atoms with van der Waals surface area (Å²) in [7, 11) is 1.08. The van der Waals surface area contributed by atoms with Crippen LogP contribution in [0.1, 0.15) is 149 Å². The summed E-state index contributed by atoms with van der Waals surface area (Å²) in [5, 5.41) is 9.85. The summed E-state index contributed by atoms with van der Waals surface area (Å²) in [4.78, 5) is 37.6. The molecule has 61 heavy (non-hydrogen) atoms. The second-order valence-electron chi connectivity index (χ2n) is 16.2. The van der Waals surface area contributed by atoms with Crippen LogP contribution in [0.4, 0.5) is 0 Å². The number of carbonyl (C=O) groups is 2. The van der Waals surface area contributed by atoms with E-state index in [4.69, 9.17) is 18.5 Å². The van der Waals surface area contributed by atoms with Crippen molar-refractivity contribution in [1.82, 2.24) is 0 Å². The van der Waals surface area contributed by atoms with E-state index in [2.05, 4.69) is 62.5 Å². The molecule has 0 spiro atoms. The van der Waals surface area contributed by atoms with Gasteiger partial charge in [0.05, 0.1) is 33.9 Å². The quantitative estimate of drug-likeness (QED) is 0.0160. The van der Waals surface area contributed by atoms with Crippen molar-refractivity contribution in [1.29, 1.82) is 0 Å². The number of phosphoric acid groups is 1. The van der Waals surface area contributed by atoms with Gasteiger partial charge in [-0.3, -0.25) is 14.2 Å². The number of likely N-dealkylation sites (N-methyl/N-ethyl adjacent to an activating group) is 1. The lowest BCUT2D eigenvalue weighted by Crippen LogP contribution is -2.37. The molecule has 0 amide bonds. The Morgan fingerprint density at radius 2 is 1.18 bits per heavy atom. The Hall–Kier alpha value is -3.11. The van der Waals surface area contributed by atoms with Crippen molar-refractivity contribution in [2.45, 2.75) is 161 Å². The summed E-state index contributed by atoms with van der Waals surface area (Å²) < 4.78 is 33.8. The van der Waals surface area contributed by atoms with Gasteiger partial charge in [0.25, 0.3) is 7.82 Å². The van der Waals surface area contributed by atoms with E-state index in [0.29, 0.717) is 30.3 Å². The van der Waals surface area contributed by atoms with Gasteiger partial charge in [0.1, 0.15) is 19.8 Å². The van der Waals surface area contributed by atoms with Crippen LogP contribution in [0.2, 0.25) is 0 Å². The highest BCUT2D eigenvalue weighted by Gasteiger charge is 2.21. The van der Waals surface area contributed by atoms with Crippen LogP contribution in [0.3, 0.4) is 0 Å². The minimum atomic E-state index is -4.66. The van der Waals surface area contributed by atoms with E-state index >= 15 is 0 Å². The van der Waals surface area contributed by atoms with Gasteiger partial charge in [-0.05, 0) is 77.0 Å². The van der Waals surface area contributed by atoms with E-state index in [1.165, 1.54) is 44.9 Å². The first-order chi connectivity index (χ1) is 29.4. The van der Waals surface area contributed by atoms with Crippen LogP contribution in [0, 0.1) is 0 Å². The van der Waals surface area contributed by atoms with Crippen LogP contribution in [-0.2, 0) is 32.7 Å². The van der Waals surface area contributed by atoms with E-state index in [1.807, 2.05) is 63.7 Å².